The third kappa shape index (κ3) is 4.62. The molecule has 0 spiro atoms. The average molecular weight is 411 g/mol. The highest BCUT2D eigenvalue weighted by atomic mass is 16.5. The van der Waals surface area contributed by atoms with Crippen molar-refractivity contribution in [1.29, 1.82) is 0 Å². The van der Waals surface area contributed by atoms with E-state index in [1.54, 1.807) is 17.0 Å². The predicted molar refractivity (Wildman–Crippen MR) is 110 cm³/mol. The summed E-state index contributed by atoms with van der Waals surface area (Å²) in [7, 11) is 2.95. The highest BCUT2D eigenvalue weighted by Crippen LogP contribution is 2.29. The Labute approximate surface area is 175 Å². The molecule has 3 rings (SSSR count). The number of Topliss-reactive ketones (excluding diaryl/α,β-unsaturated/α-hetero) is 1. The quantitative estimate of drug-likeness (QED) is 0.491. The molecule has 0 N–H and O–H groups in total. The third-order valence-electron chi connectivity index (χ3n) is 5.29. The second-order valence-electron chi connectivity index (χ2n) is 7.13. The van der Waals surface area contributed by atoms with Crippen molar-refractivity contribution >= 4 is 17.7 Å². The van der Waals surface area contributed by atoms with Gasteiger partial charge in [-0.2, -0.15) is 0 Å². The van der Waals surface area contributed by atoms with Gasteiger partial charge in [-0.05, 0) is 30.7 Å². The summed E-state index contributed by atoms with van der Waals surface area (Å²) >= 11 is 0. The van der Waals surface area contributed by atoms with Crippen LogP contribution >= 0.6 is 0 Å². The number of carbonyl (C=O) groups is 3. The second kappa shape index (κ2) is 9.43. The van der Waals surface area contributed by atoms with Crippen LogP contribution < -0.4 is 9.47 Å². The van der Waals surface area contributed by atoms with E-state index < -0.39 is 24.3 Å². The maximum absolute atomic E-state index is 12.5. The van der Waals surface area contributed by atoms with Gasteiger partial charge >= 0.3 is 5.97 Å². The van der Waals surface area contributed by atoms with E-state index in [2.05, 4.69) is 0 Å². The van der Waals surface area contributed by atoms with Gasteiger partial charge in [0, 0.05) is 13.0 Å². The molecule has 0 unspecified atom stereocenters. The molecular formula is C23H25NO6. The number of esters is 1. The third-order valence-corrected chi connectivity index (χ3v) is 5.29. The number of hydrogen-bond acceptors (Lipinski definition) is 6. The Morgan fingerprint density at radius 3 is 2.50 bits per heavy atom. The van der Waals surface area contributed by atoms with Crippen molar-refractivity contribution in [3.05, 3.63) is 59.7 Å². The number of likely N-dealkylation sites (tertiary alicyclic amines) is 1. The van der Waals surface area contributed by atoms with Crippen molar-refractivity contribution in [2.45, 2.75) is 19.4 Å². The van der Waals surface area contributed by atoms with Gasteiger partial charge in [-0.15, -0.1) is 0 Å². The first-order valence-electron chi connectivity index (χ1n) is 9.70. The molecule has 7 nitrogen and oxygen atoms in total. The molecule has 1 amide bonds. The molecule has 30 heavy (non-hydrogen) atoms. The van der Waals surface area contributed by atoms with Gasteiger partial charge in [0.05, 0.1) is 31.7 Å². The van der Waals surface area contributed by atoms with E-state index in [9.17, 15) is 14.4 Å². The van der Waals surface area contributed by atoms with Gasteiger partial charge < -0.3 is 19.1 Å². The van der Waals surface area contributed by atoms with E-state index in [-0.39, 0.29) is 30.5 Å². The molecule has 158 valence electrons. The van der Waals surface area contributed by atoms with Crippen LogP contribution in [-0.4, -0.2) is 49.9 Å². The lowest BCUT2D eigenvalue weighted by Crippen LogP contribution is -2.30. The van der Waals surface area contributed by atoms with E-state index in [1.165, 1.54) is 20.3 Å². The SMILES string of the molecule is COc1ccc(OC)c(C(=O)COC(=O)[C@H]2CC(=O)N([C@H](C)c3ccccc3)C2)c1. The summed E-state index contributed by atoms with van der Waals surface area (Å²) in [5.41, 5.74) is 1.27. The zero-order valence-corrected chi connectivity index (χ0v) is 17.3. The first-order chi connectivity index (χ1) is 14.4. The molecule has 0 aliphatic carbocycles. The standard InChI is InChI=1S/C23H25NO6/c1-15(16-7-5-4-6-8-16)24-13-17(11-22(24)26)23(27)30-14-20(25)19-12-18(28-2)9-10-21(19)29-3/h4-10,12,15,17H,11,13-14H2,1-3H3/t15-,17+/m1/s1. The number of ether oxygens (including phenoxy) is 3. The lowest BCUT2D eigenvalue weighted by Gasteiger charge is -2.25. The van der Waals surface area contributed by atoms with Crippen LogP contribution in [0, 0.1) is 5.92 Å². The number of amides is 1. The number of nitrogens with zero attached hydrogens (tertiary/aromatic N) is 1. The smallest absolute Gasteiger partial charge is 0.311 e. The number of benzene rings is 2. The van der Waals surface area contributed by atoms with Gasteiger partial charge in [-0.1, -0.05) is 30.3 Å². The topological polar surface area (TPSA) is 82.1 Å². The highest BCUT2D eigenvalue weighted by Gasteiger charge is 2.38. The zero-order chi connectivity index (χ0) is 21.7. The largest absolute Gasteiger partial charge is 0.497 e. The molecule has 1 saturated heterocycles. The second-order valence-corrected chi connectivity index (χ2v) is 7.13. The van der Waals surface area contributed by atoms with E-state index >= 15 is 0 Å². The molecule has 0 bridgehead atoms. The van der Waals surface area contributed by atoms with Crippen LogP contribution in [0.1, 0.15) is 35.3 Å². The van der Waals surface area contributed by atoms with Crippen LogP contribution in [0.5, 0.6) is 11.5 Å². The zero-order valence-electron chi connectivity index (χ0n) is 17.3. The Morgan fingerprint density at radius 2 is 1.83 bits per heavy atom. The summed E-state index contributed by atoms with van der Waals surface area (Å²) in [5.74, 6) is -0.787. The van der Waals surface area contributed by atoms with Crippen LogP contribution in [0.2, 0.25) is 0 Å². The Bertz CT molecular complexity index is 927. The van der Waals surface area contributed by atoms with Crippen LogP contribution in [0.4, 0.5) is 0 Å². The van der Waals surface area contributed by atoms with Gasteiger partial charge in [-0.25, -0.2) is 0 Å². The fourth-order valence-corrected chi connectivity index (χ4v) is 3.54. The maximum Gasteiger partial charge on any atom is 0.311 e. The van der Waals surface area contributed by atoms with E-state index in [0.717, 1.165) is 5.56 Å². The van der Waals surface area contributed by atoms with Crippen molar-refractivity contribution in [2.75, 3.05) is 27.4 Å². The molecule has 0 aromatic heterocycles. The average Bonchev–Trinajstić information content (AvgIpc) is 3.18. The molecular weight excluding hydrogens is 386 g/mol. The van der Waals surface area contributed by atoms with E-state index in [0.29, 0.717) is 11.5 Å². The molecule has 2 aromatic rings. The van der Waals surface area contributed by atoms with Crippen molar-refractivity contribution in [2.24, 2.45) is 5.92 Å². The predicted octanol–water partition coefficient (Wildman–Crippen LogP) is 3.04. The Balaban J connectivity index is 1.60. The summed E-state index contributed by atoms with van der Waals surface area (Å²) in [5, 5.41) is 0. The van der Waals surface area contributed by atoms with Gasteiger partial charge in [0.2, 0.25) is 11.7 Å². The fraction of sp³-hybridized carbons (Fsp3) is 0.348. The number of methoxy groups -OCH3 is 2. The number of ketones is 1. The number of hydrogen-bond donors (Lipinski definition) is 0. The molecule has 1 fully saturated rings. The lowest BCUT2D eigenvalue weighted by molar-refractivity contribution is -0.147. The maximum atomic E-state index is 12.5. The van der Waals surface area contributed by atoms with E-state index in [1.807, 2.05) is 37.3 Å². The lowest BCUT2D eigenvalue weighted by atomic mass is 10.1. The first-order valence-corrected chi connectivity index (χ1v) is 9.70. The minimum atomic E-state index is -0.594. The minimum absolute atomic E-state index is 0.0761. The first kappa shape index (κ1) is 21.4. The molecule has 7 heteroatoms. The molecule has 0 radical (unpaired) electrons. The summed E-state index contributed by atoms with van der Waals surface area (Å²) in [6, 6.07) is 14.3. The summed E-state index contributed by atoms with van der Waals surface area (Å²) in [6.45, 7) is 1.77. The van der Waals surface area contributed by atoms with Crippen molar-refractivity contribution in [1.82, 2.24) is 4.90 Å². The van der Waals surface area contributed by atoms with Gasteiger partial charge in [0.15, 0.2) is 6.61 Å². The van der Waals surface area contributed by atoms with Gasteiger partial charge in [0.1, 0.15) is 11.5 Å². The normalized spacial score (nSPS) is 16.8. The molecule has 2 atom stereocenters. The monoisotopic (exact) mass is 411 g/mol. The summed E-state index contributed by atoms with van der Waals surface area (Å²) in [6.07, 6.45) is 0.0761. The van der Waals surface area contributed by atoms with Crippen LogP contribution in [0.25, 0.3) is 0 Å². The Hall–Kier alpha value is -3.35. The Morgan fingerprint density at radius 1 is 1.10 bits per heavy atom. The van der Waals surface area contributed by atoms with Crippen LogP contribution in [-0.2, 0) is 14.3 Å². The minimum Gasteiger partial charge on any atom is -0.497 e. The van der Waals surface area contributed by atoms with Crippen molar-refractivity contribution in [3.8, 4) is 11.5 Å². The molecule has 1 aliphatic rings. The van der Waals surface area contributed by atoms with E-state index in [4.69, 9.17) is 14.2 Å². The van der Waals surface area contributed by atoms with Gasteiger partial charge in [-0.3, -0.25) is 14.4 Å². The molecule has 0 saturated carbocycles. The van der Waals surface area contributed by atoms with Crippen molar-refractivity contribution in [3.63, 3.8) is 0 Å². The van der Waals surface area contributed by atoms with Crippen molar-refractivity contribution < 1.29 is 28.6 Å². The molecule has 1 aliphatic heterocycles. The van der Waals surface area contributed by atoms with Crippen LogP contribution in [0.3, 0.4) is 0 Å². The summed E-state index contributed by atoms with van der Waals surface area (Å²) < 4.78 is 15.6. The fourth-order valence-electron chi connectivity index (χ4n) is 3.54. The van der Waals surface area contributed by atoms with Gasteiger partial charge in [0.25, 0.3) is 0 Å². The number of carbonyl (C=O) groups excluding carboxylic acids is 3. The van der Waals surface area contributed by atoms with Crippen LogP contribution in [0.15, 0.2) is 48.5 Å². The molecule has 2 aromatic carbocycles. The highest BCUT2D eigenvalue weighted by molar-refractivity contribution is 6.01. The number of rotatable bonds is 8. The molecule has 1 heterocycles. The summed E-state index contributed by atoms with van der Waals surface area (Å²) in [4.78, 5) is 39.2. The Kier molecular flexibility index (Phi) is 6.72.